The highest BCUT2D eigenvalue weighted by Gasteiger charge is 2.25. The lowest BCUT2D eigenvalue weighted by molar-refractivity contribution is -0.123. The molecule has 1 atom stereocenters. The lowest BCUT2D eigenvalue weighted by Crippen LogP contribution is -2.45. The number of amides is 1. The maximum Gasteiger partial charge on any atom is 0.237 e. The van der Waals surface area contributed by atoms with E-state index >= 15 is 0 Å². The largest absolute Gasteiger partial charge is 0.382 e. The van der Waals surface area contributed by atoms with Gasteiger partial charge in [-0.05, 0) is 32.8 Å². The molecule has 1 aromatic carbocycles. The van der Waals surface area contributed by atoms with Crippen LogP contribution < -0.4 is 16.8 Å². The number of nitrogens with one attached hydrogen (secondary N) is 1. The summed E-state index contributed by atoms with van der Waals surface area (Å²) in [5, 5.41) is 3.82. The average molecular weight is 457 g/mol. The predicted octanol–water partition coefficient (Wildman–Crippen LogP) is 2.60. The van der Waals surface area contributed by atoms with Crippen LogP contribution >= 0.6 is 0 Å². The van der Waals surface area contributed by atoms with Crippen LogP contribution in [0.1, 0.15) is 40.4 Å². The molecule has 9 heteroatoms. The van der Waals surface area contributed by atoms with Crippen molar-refractivity contribution in [2.45, 2.75) is 59.4 Å². The second kappa shape index (κ2) is 10.5. The molecule has 0 bridgehead atoms. The van der Waals surface area contributed by atoms with Gasteiger partial charge in [0.15, 0.2) is 5.82 Å². The minimum atomic E-state index is -0.543. The van der Waals surface area contributed by atoms with Gasteiger partial charge in [-0.25, -0.2) is 9.97 Å². The van der Waals surface area contributed by atoms with Crippen molar-refractivity contribution < 1.29 is 14.3 Å². The quantitative estimate of drug-likeness (QED) is 0.378. The van der Waals surface area contributed by atoms with Gasteiger partial charge in [-0.2, -0.15) is 0 Å². The van der Waals surface area contributed by atoms with Gasteiger partial charge in [0.2, 0.25) is 5.91 Å². The third kappa shape index (κ3) is 5.79. The second-order valence-electron chi connectivity index (χ2n) is 9.13. The molecule has 0 aliphatic rings. The highest BCUT2D eigenvalue weighted by Crippen LogP contribution is 2.30. The monoisotopic (exact) mass is 456 g/mol. The minimum Gasteiger partial charge on any atom is -0.382 e. The summed E-state index contributed by atoms with van der Waals surface area (Å²) >= 11 is 0. The number of imidazole rings is 1. The highest BCUT2D eigenvalue weighted by atomic mass is 16.5. The smallest absolute Gasteiger partial charge is 0.237 e. The SMILES string of the molecule is CCOCc1nc2c(N)nc3ccccc3c2n1CC(C)(C)OCCNC(=O)C(N)C(C)C. The molecule has 1 amide bonds. The van der Waals surface area contributed by atoms with E-state index in [1.807, 2.05) is 58.9 Å². The number of ether oxygens (including phenoxy) is 2. The summed E-state index contributed by atoms with van der Waals surface area (Å²) in [7, 11) is 0. The molecule has 0 saturated carbocycles. The van der Waals surface area contributed by atoms with Gasteiger partial charge < -0.3 is 30.8 Å². The number of para-hydroxylation sites is 1. The Morgan fingerprint density at radius 3 is 2.67 bits per heavy atom. The van der Waals surface area contributed by atoms with E-state index in [9.17, 15) is 4.79 Å². The van der Waals surface area contributed by atoms with Crippen LogP contribution in [0.3, 0.4) is 0 Å². The molecule has 0 aliphatic carbocycles. The van der Waals surface area contributed by atoms with Crippen molar-refractivity contribution in [3.63, 3.8) is 0 Å². The fraction of sp³-hybridized carbons (Fsp3) is 0.542. The topological polar surface area (TPSA) is 130 Å². The van der Waals surface area contributed by atoms with Crippen molar-refractivity contribution in [1.29, 1.82) is 0 Å². The maximum atomic E-state index is 12.1. The van der Waals surface area contributed by atoms with Gasteiger partial charge in [-0.15, -0.1) is 0 Å². The summed E-state index contributed by atoms with van der Waals surface area (Å²) in [6.07, 6.45) is 0. The van der Waals surface area contributed by atoms with Crippen LogP contribution in [-0.2, 0) is 27.4 Å². The van der Waals surface area contributed by atoms with Gasteiger partial charge in [-0.1, -0.05) is 32.0 Å². The predicted molar refractivity (Wildman–Crippen MR) is 131 cm³/mol. The molecule has 33 heavy (non-hydrogen) atoms. The Balaban J connectivity index is 1.83. The number of anilines is 1. The molecule has 1 unspecified atom stereocenters. The molecule has 2 aromatic heterocycles. The van der Waals surface area contributed by atoms with E-state index < -0.39 is 11.6 Å². The van der Waals surface area contributed by atoms with Crippen LogP contribution in [0.4, 0.5) is 5.82 Å². The Labute approximate surface area is 194 Å². The zero-order valence-electron chi connectivity index (χ0n) is 20.2. The molecule has 3 aromatic rings. The molecule has 0 aliphatic heterocycles. The van der Waals surface area contributed by atoms with E-state index in [4.69, 9.17) is 25.9 Å². The number of carbonyl (C=O) groups is 1. The fourth-order valence-electron chi connectivity index (χ4n) is 3.73. The Hall–Kier alpha value is -2.75. The number of benzene rings is 1. The first-order valence-corrected chi connectivity index (χ1v) is 11.4. The summed E-state index contributed by atoms with van der Waals surface area (Å²) in [5.74, 6) is 1.07. The summed E-state index contributed by atoms with van der Waals surface area (Å²) in [6.45, 7) is 12.0. The highest BCUT2D eigenvalue weighted by molar-refractivity contribution is 6.06. The van der Waals surface area contributed by atoms with Gasteiger partial charge >= 0.3 is 0 Å². The third-order valence-electron chi connectivity index (χ3n) is 5.58. The minimum absolute atomic E-state index is 0.0809. The summed E-state index contributed by atoms with van der Waals surface area (Å²) in [5.41, 5.74) is 14.0. The average Bonchev–Trinajstić information content (AvgIpc) is 3.13. The standard InChI is InChI=1S/C24H36N6O3/c1-6-32-13-18-29-20-21(16-9-7-8-10-17(16)28-22(20)26)30(18)14-24(4,5)33-12-11-27-23(31)19(25)15(2)3/h7-10,15,19H,6,11-14,25H2,1-5H3,(H2,26,28)(H,27,31). The molecule has 9 nitrogen and oxygen atoms in total. The van der Waals surface area contributed by atoms with Gasteiger partial charge in [0.05, 0.1) is 35.8 Å². The van der Waals surface area contributed by atoms with Crippen molar-refractivity contribution in [2.24, 2.45) is 11.7 Å². The van der Waals surface area contributed by atoms with Gasteiger partial charge in [0, 0.05) is 18.5 Å². The van der Waals surface area contributed by atoms with E-state index in [2.05, 4.69) is 14.9 Å². The Morgan fingerprint density at radius 2 is 1.97 bits per heavy atom. The lowest BCUT2D eigenvalue weighted by Gasteiger charge is -2.27. The van der Waals surface area contributed by atoms with Crippen LogP contribution in [0.2, 0.25) is 0 Å². The maximum absolute atomic E-state index is 12.1. The molecule has 180 valence electrons. The summed E-state index contributed by atoms with van der Waals surface area (Å²) < 4.78 is 13.9. The van der Waals surface area contributed by atoms with E-state index in [-0.39, 0.29) is 11.8 Å². The molecule has 0 spiro atoms. The molecule has 0 saturated heterocycles. The molecule has 5 N–H and O–H groups in total. The molecular formula is C24H36N6O3. The first-order chi connectivity index (χ1) is 15.6. The number of nitrogens with two attached hydrogens (primary N) is 2. The number of pyridine rings is 1. The van der Waals surface area contributed by atoms with Crippen molar-refractivity contribution >= 4 is 33.7 Å². The van der Waals surface area contributed by atoms with Crippen molar-refractivity contribution in [2.75, 3.05) is 25.5 Å². The summed E-state index contributed by atoms with van der Waals surface area (Å²) in [6, 6.07) is 7.36. The van der Waals surface area contributed by atoms with Crippen LogP contribution in [0.25, 0.3) is 21.9 Å². The zero-order valence-corrected chi connectivity index (χ0v) is 20.2. The fourth-order valence-corrected chi connectivity index (χ4v) is 3.73. The van der Waals surface area contributed by atoms with Gasteiger partial charge in [0.25, 0.3) is 0 Å². The Bertz CT molecular complexity index is 1110. The van der Waals surface area contributed by atoms with Crippen LogP contribution in [-0.4, -0.2) is 51.8 Å². The van der Waals surface area contributed by atoms with Gasteiger partial charge in [0.1, 0.15) is 17.9 Å². The number of nitrogen functional groups attached to an aromatic ring is 1. The Kier molecular flexibility index (Phi) is 7.88. The molecular weight excluding hydrogens is 420 g/mol. The van der Waals surface area contributed by atoms with Crippen molar-refractivity contribution in [3.05, 3.63) is 30.1 Å². The van der Waals surface area contributed by atoms with E-state index in [0.29, 0.717) is 44.2 Å². The van der Waals surface area contributed by atoms with Crippen LogP contribution in [0.5, 0.6) is 0 Å². The van der Waals surface area contributed by atoms with Crippen LogP contribution in [0, 0.1) is 5.92 Å². The molecule has 3 rings (SSSR count). The molecule has 0 fully saturated rings. The second-order valence-corrected chi connectivity index (χ2v) is 9.13. The lowest BCUT2D eigenvalue weighted by atomic mass is 10.1. The molecule has 2 heterocycles. The number of fused-ring (bicyclic) bond motifs is 3. The number of hydrogen-bond donors (Lipinski definition) is 3. The number of hydrogen-bond acceptors (Lipinski definition) is 7. The van der Waals surface area contributed by atoms with Gasteiger partial charge in [-0.3, -0.25) is 4.79 Å². The number of rotatable bonds is 11. The third-order valence-corrected chi connectivity index (χ3v) is 5.58. The normalized spacial score (nSPS) is 13.2. The van der Waals surface area contributed by atoms with Crippen LogP contribution in [0.15, 0.2) is 24.3 Å². The van der Waals surface area contributed by atoms with E-state index in [1.54, 1.807) is 0 Å². The first kappa shape index (κ1) is 24.9. The first-order valence-electron chi connectivity index (χ1n) is 11.4. The van der Waals surface area contributed by atoms with E-state index in [0.717, 1.165) is 22.2 Å². The number of aromatic nitrogens is 3. The number of nitrogens with zero attached hydrogens (tertiary/aromatic N) is 3. The molecule has 0 radical (unpaired) electrons. The van der Waals surface area contributed by atoms with E-state index in [1.165, 1.54) is 0 Å². The van der Waals surface area contributed by atoms with Crippen molar-refractivity contribution in [1.82, 2.24) is 19.9 Å². The summed E-state index contributed by atoms with van der Waals surface area (Å²) in [4.78, 5) is 21.4. The zero-order chi connectivity index (χ0) is 24.2. The number of carbonyl (C=O) groups excluding carboxylic acids is 1. The van der Waals surface area contributed by atoms with Crippen molar-refractivity contribution in [3.8, 4) is 0 Å². The Morgan fingerprint density at radius 1 is 1.24 bits per heavy atom.